The second-order valence-corrected chi connectivity index (χ2v) is 2.90. The summed E-state index contributed by atoms with van der Waals surface area (Å²) in [4.78, 5) is 11.1. The first-order chi connectivity index (χ1) is 5.20. The fourth-order valence-electron chi connectivity index (χ4n) is 0.582. The Morgan fingerprint density at radius 3 is 3.09 bits per heavy atom. The summed E-state index contributed by atoms with van der Waals surface area (Å²) in [6, 6.07) is -0.850. The van der Waals surface area contributed by atoms with E-state index in [0.717, 1.165) is 16.4 Å². The highest BCUT2D eigenvalue weighted by Crippen LogP contribution is 2.04. The first-order valence-electron chi connectivity index (χ1n) is 2.95. The van der Waals surface area contributed by atoms with Crippen LogP contribution < -0.4 is 5.73 Å². The average Bonchev–Trinajstić information content (AvgIpc) is 2.39. The number of rotatable bonds is 3. The van der Waals surface area contributed by atoms with Crippen molar-refractivity contribution in [1.82, 2.24) is 9.59 Å². The Kier molecular flexibility index (Phi) is 2.50. The molecule has 0 amide bonds. The minimum absolute atomic E-state index is 0.299. The molecule has 0 aliphatic heterocycles. The smallest absolute Gasteiger partial charge is 0.320 e. The zero-order valence-electron chi connectivity index (χ0n) is 5.60. The molecule has 0 aromatic carbocycles. The van der Waals surface area contributed by atoms with Crippen LogP contribution in [0, 0.1) is 0 Å². The molecular formula is C5H7N3O2S. The van der Waals surface area contributed by atoms with Gasteiger partial charge in [0.05, 0.1) is 6.20 Å². The standard InChI is InChI=1S/C5H7N3O2S/c6-4(5(9)10)1-3-2-7-8-11-3/h2,4H,1,6H2,(H,9,10)/t4-/m1/s1. The molecule has 5 nitrogen and oxygen atoms in total. The van der Waals surface area contributed by atoms with Crippen LogP contribution in [0.1, 0.15) is 4.88 Å². The molecule has 1 heterocycles. The number of carboxylic acids is 1. The molecule has 0 unspecified atom stereocenters. The van der Waals surface area contributed by atoms with Gasteiger partial charge in [0.15, 0.2) is 0 Å². The summed E-state index contributed by atoms with van der Waals surface area (Å²) in [5, 5.41) is 12.0. The van der Waals surface area contributed by atoms with Crippen LogP contribution in [0.2, 0.25) is 0 Å². The van der Waals surface area contributed by atoms with Crippen LogP contribution in [-0.2, 0) is 11.2 Å². The molecule has 0 saturated carbocycles. The quantitative estimate of drug-likeness (QED) is 0.642. The Bertz CT molecular complexity index is 236. The molecule has 0 spiro atoms. The average molecular weight is 173 g/mol. The van der Waals surface area contributed by atoms with Crippen molar-refractivity contribution in [2.24, 2.45) is 5.73 Å². The Balaban J connectivity index is 2.50. The number of aliphatic carboxylic acids is 1. The minimum Gasteiger partial charge on any atom is -0.480 e. The van der Waals surface area contributed by atoms with Crippen molar-refractivity contribution in [2.45, 2.75) is 12.5 Å². The van der Waals surface area contributed by atoms with E-state index in [1.54, 1.807) is 0 Å². The molecular weight excluding hydrogens is 166 g/mol. The fourth-order valence-corrected chi connectivity index (χ4v) is 1.13. The second kappa shape index (κ2) is 3.40. The van der Waals surface area contributed by atoms with Crippen LogP contribution in [0.3, 0.4) is 0 Å². The molecule has 0 aliphatic rings. The molecule has 1 aromatic rings. The van der Waals surface area contributed by atoms with Gasteiger partial charge in [0, 0.05) is 11.3 Å². The van der Waals surface area contributed by atoms with Gasteiger partial charge in [-0.15, -0.1) is 5.10 Å². The lowest BCUT2D eigenvalue weighted by Crippen LogP contribution is -2.31. The largest absolute Gasteiger partial charge is 0.480 e. The highest BCUT2D eigenvalue weighted by molar-refractivity contribution is 7.05. The van der Waals surface area contributed by atoms with Gasteiger partial charge in [-0.2, -0.15) is 0 Å². The summed E-state index contributed by atoms with van der Waals surface area (Å²) in [6.45, 7) is 0. The highest BCUT2D eigenvalue weighted by atomic mass is 32.1. The molecule has 1 aromatic heterocycles. The zero-order chi connectivity index (χ0) is 8.27. The zero-order valence-corrected chi connectivity index (χ0v) is 6.41. The van der Waals surface area contributed by atoms with Gasteiger partial charge in [0.25, 0.3) is 0 Å². The summed E-state index contributed by atoms with van der Waals surface area (Å²) in [6.07, 6.45) is 1.82. The van der Waals surface area contributed by atoms with Gasteiger partial charge < -0.3 is 10.8 Å². The van der Waals surface area contributed by atoms with Crippen molar-refractivity contribution < 1.29 is 9.90 Å². The van der Waals surface area contributed by atoms with Crippen molar-refractivity contribution in [3.05, 3.63) is 11.1 Å². The van der Waals surface area contributed by atoms with E-state index in [2.05, 4.69) is 9.59 Å². The van der Waals surface area contributed by atoms with Crippen molar-refractivity contribution in [3.8, 4) is 0 Å². The third kappa shape index (κ3) is 2.24. The monoisotopic (exact) mass is 173 g/mol. The molecule has 0 saturated heterocycles. The Morgan fingerprint density at radius 2 is 2.64 bits per heavy atom. The first kappa shape index (κ1) is 8.09. The van der Waals surface area contributed by atoms with Crippen LogP contribution in [0.25, 0.3) is 0 Å². The van der Waals surface area contributed by atoms with E-state index >= 15 is 0 Å². The number of hydrogen-bond donors (Lipinski definition) is 2. The molecule has 1 rings (SSSR count). The number of hydrogen-bond acceptors (Lipinski definition) is 5. The SMILES string of the molecule is N[C@H](Cc1cnns1)C(=O)O. The predicted molar refractivity (Wildman–Crippen MR) is 39.2 cm³/mol. The summed E-state index contributed by atoms with van der Waals surface area (Å²) < 4.78 is 3.58. The van der Waals surface area contributed by atoms with Crippen molar-refractivity contribution in [1.29, 1.82) is 0 Å². The van der Waals surface area contributed by atoms with Crippen LogP contribution >= 0.6 is 11.5 Å². The van der Waals surface area contributed by atoms with Crippen molar-refractivity contribution >= 4 is 17.5 Å². The van der Waals surface area contributed by atoms with Crippen molar-refractivity contribution in [3.63, 3.8) is 0 Å². The molecule has 0 bridgehead atoms. The van der Waals surface area contributed by atoms with Gasteiger partial charge in [-0.25, -0.2) is 0 Å². The molecule has 60 valence electrons. The maximum Gasteiger partial charge on any atom is 0.320 e. The Labute approximate surface area is 67.0 Å². The van der Waals surface area contributed by atoms with Crippen LogP contribution in [0.15, 0.2) is 6.20 Å². The van der Waals surface area contributed by atoms with E-state index in [9.17, 15) is 4.79 Å². The van der Waals surface area contributed by atoms with E-state index in [-0.39, 0.29) is 0 Å². The lowest BCUT2D eigenvalue weighted by atomic mass is 10.2. The number of carboxylic acid groups (broad SMARTS) is 1. The number of carbonyl (C=O) groups is 1. The van der Waals surface area contributed by atoms with Crippen molar-refractivity contribution in [2.75, 3.05) is 0 Å². The lowest BCUT2D eigenvalue weighted by Gasteiger charge is -2.00. The number of aromatic nitrogens is 2. The molecule has 11 heavy (non-hydrogen) atoms. The molecule has 0 fully saturated rings. The fraction of sp³-hybridized carbons (Fsp3) is 0.400. The summed E-state index contributed by atoms with van der Waals surface area (Å²) in [7, 11) is 0. The molecule has 0 aliphatic carbocycles. The van der Waals surface area contributed by atoms with E-state index in [1.807, 2.05) is 0 Å². The summed E-state index contributed by atoms with van der Waals surface area (Å²) >= 11 is 1.16. The van der Waals surface area contributed by atoms with Gasteiger partial charge in [0.1, 0.15) is 6.04 Å². The molecule has 0 radical (unpaired) electrons. The van der Waals surface area contributed by atoms with E-state index in [1.165, 1.54) is 6.20 Å². The predicted octanol–water partition coefficient (Wildman–Crippen LogP) is -0.508. The Morgan fingerprint density at radius 1 is 1.91 bits per heavy atom. The van der Waals surface area contributed by atoms with Gasteiger partial charge in [-0.05, 0) is 11.5 Å². The number of nitrogens with two attached hydrogens (primary N) is 1. The Hall–Kier alpha value is -1.01. The third-order valence-corrected chi connectivity index (χ3v) is 1.83. The molecule has 1 atom stereocenters. The maximum absolute atomic E-state index is 10.3. The van der Waals surface area contributed by atoms with Crippen LogP contribution in [-0.4, -0.2) is 26.7 Å². The third-order valence-electron chi connectivity index (χ3n) is 1.15. The van der Waals surface area contributed by atoms with Gasteiger partial charge in [-0.3, -0.25) is 4.79 Å². The lowest BCUT2D eigenvalue weighted by molar-refractivity contribution is -0.138. The van der Waals surface area contributed by atoms with E-state index in [0.29, 0.717) is 6.42 Å². The first-order valence-corrected chi connectivity index (χ1v) is 3.72. The van der Waals surface area contributed by atoms with E-state index in [4.69, 9.17) is 10.8 Å². The maximum atomic E-state index is 10.3. The van der Waals surface area contributed by atoms with Gasteiger partial charge in [-0.1, -0.05) is 4.49 Å². The second-order valence-electron chi connectivity index (χ2n) is 2.03. The number of nitrogens with zero attached hydrogens (tertiary/aromatic N) is 2. The highest BCUT2D eigenvalue weighted by Gasteiger charge is 2.12. The van der Waals surface area contributed by atoms with Gasteiger partial charge >= 0.3 is 5.97 Å². The normalized spacial score (nSPS) is 12.8. The van der Waals surface area contributed by atoms with Crippen LogP contribution in [0.4, 0.5) is 0 Å². The summed E-state index contributed by atoms with van der Waals surface area (Å²) in [5.74, 6) is -1.00. The summed E-state index contributed by atoms with van der Waals surface area (Å²) in [5.41, 5.74) is 5.26. The van der Waals surface area contributed by atoms with Crippen LogP contribution in [0.5, 0.6) is 0 Å². The van der Waals surface area contributed by atoms with Gasteiger partial charge in [0.2, 0.25) is 0 Å². The minimum atomic E-state index is -1.00. The van der Waals surface area contributed by atoms with E-state index < -0.39 is 12.0 Å². The molecule has 6 heteroatoms. The topological polar surface area (TPSA) is 89.1 Å². The molecule has 3 N–H and O–H groups in total.